The number of ketones is 1. The third-order valence-electron chi connectivity index (χ3n) is 5.14. The Bertz CT molecular complexity index is 1390. The van der Waals surface area contributed by atoms with Crippen LogP contribution >= 0.6 is 27.7 Å². The van der Waals surface area contributed by atoms with Crippen molar-refractivity contribution in [3.05, 3.63) is 109 Å². The number of rotatable bonds is 8. The number of nitrogens with zero attached hydrogens (tertiary/aromatic N) is 2. The van der Waals surface area contributed by atoms with Gasteiger partial charge in [-0.2, -0.15) is 0 Å². The van der Waals surface area contributed by atoms with Crippen LogP contribution in [-0.2, 0) is 11.4 Å². The molecule has 1 saturated heterocycles. The summed E-state index contributed by atoms with van der Waals surface area (Å²) in [5, 5.41) is 10.2. The highest BCUT2D eigenvalue weighted by molar-refractivity contribution is 9.10. The summed E-state index contributed by atoms with van der Waals surface area (Å²) in [6.07, 6.45) is 1.54. The van der Waals surface area contributed by atoms with Crippen molar-refractivity contribution in [2.75, 3.05) is 6.54 Å². The highest BCUT2D eigenvalue weighted by Gasteiger charge is 2.36. The summed E-state index contributed by atoms with van der Waals surface area (Å²) < 4.78 is 19.4. The number of hydrogen-bond donors (Lipinski definition) is 0. The molecule has 0 atom stereocenters. The van der Waals surface area contributed by atoms with Crippen molar-refractivity contribution >= 4 is 56.4 Å². The van der Waals surface area contributed by atoms with Crippen molar-refractivity contribution in [3.63, 3.8) is 0 Å². The van der Waals surface area contributed by atoms with E-state index in [2.05, 4.69) is 15.9 Å². The van der Waals surface area contributed by atoms with Crippen LogP contribution in [0.4, 0.5) is 14.9 Å². The van der Waals surface area contributed by atoms with Gasteiger partial charge in [0.15, 0.2) is 5.78 Å². The van der Waals surface area contributed by atoms with Gasteiger partial charge in [-0.05, 0) is 81.3 Å². The van der Waals surface area contributed by atoms with E-state index in [1.165, 1.54) is 42.5 Å². The number of halogens is 2. The van der Waals surface area contributed by atoms with Gasteiger partial charge in [-0.1, -0.05) is 18.2 Å². The molecule has 3 aromatic carbocycles. The molecule has 182 valence electrons. The molecule has 11 heteroatoms. The normalized spacial score (nSPS) is 14.4. The minimum Gasteiger partial charge on any atom is -0.488 e. The first kappa shape index (κ1) is 25.3. The predicted octanol–water partition coefficient (Wildman–Crippen LogP) is 5.99. The van der Waals surface area contributed by atoms with Gasteiger partial charge in [0, 0.05) is 17.7 Å². The number of amides is 2. The van der Waals surface area contributed by atoms with E-state index in [-0.39, 0.29) is 28.6 Å². The fraction of sp³-hybridized carbons (Fsp3) is 0.0800. The maximum Gasteiger partial charge on any atom is 0.293 e. The Morgan fingerprint density at radius 3 is 2.42 bits per heavy atom. The quantitative estimate of drug-likeness (QED) is 0.141. The molecule has 0 bridgehead atoms. The number of hydrogen-bond acceptors (Lipinski definition) is 7. The van der Waals surface area contributed by atoms with Gasteiger partial charge in [-0.3, -0.25) is 29.4 Å². The van der Waals surface area contributed by atoms with E-state index in [0.29, 0.717) is 15.8 Å². The van der Waals surface area contributed by atoms with Crippen molar-refractivity contribution < 1.29 is 28.4 Å². The van der Waals surface area contributed by atoms with Crippen LogP contribution in [0.3, 0.4) is 0 Å². The van der Waals surface area contributed by atoms with Gasteiger partial charge in [0.05, 0.1) is 20.8 Å². The van der Waals surface area contributed by atoms with Crippen LogP contribution in [0.25, 0.3) is 6.08 Å². The van der Waals surface area contributed by atoms with Crippen molar-refractivity contribution in [1.82, 2.24) is 4.90 Å². The van der Waals surface area contributed by atoms with E-state index in [1.807, 2.05) is 0 Å². The maximum absolute atomic E-state index is 13.0. The minimum atomic E-state index is -0.604. The SMILES string of the molecule is O=C(CN1C(=O)S/C(=C\c2ccc(OCc3ccc(F)cc3)c(Br)c2)C1=O)c1ccc([N+](=O)[O-])cc1. The Hall–Kier alpha value is -3.83. The van der Waals surface area contributed by atoms with Crippen LogP contribution in [-0.4, -0.2) is 33.3 Å². The fourth-order valence-corrected chi connectivity index (χ4v) is 4.61. The first-order valence-electron chi connectivity index (χ1n) is 10.4. The second kappa shape index (κ2) is 10.8. The lowest BCUT2D eigenvalue weighted by Crippen LogP contribution is -2.33. The Morgan fingerprint density at radius 1 is 1.08 bits per heavy atom. The molecule has 0 aromatic heterocycles. The lowest BCUT2D eigenvalue weighted by Gasteiger charge is -2.11. The summed E-state index contributed by atoms with van der Waals surface area (Å²) >= 11 is 4.14. The molecule has 2 amide bonds. The van der Waals surface area contributed by atoms with E-state index in [1.54, 1.807) is 30.3 Å². The third-order valence-corrected chi connectivity index (χ3v) is 6.66. The van der Waals surface area contributed by atoms with E-state index < -0.39 is 28.4 Å². The van der Waals surface area contributed by atoms with Gasteiger partial charge < -0.3 is 4.74 Å². The molecule has 0 unspecified atom stereocenters. The summed E-state index contributed by atoms with van der Waals surface area (Å²) in [5.41, 5.74) is 1.41. The largest absolute Gasteiger partial charge is 0.488 e. The van der Waals surface area contributed by atoms with Crippen LogP contribution in [0.5, 0.6) is 5.75 Å². The minimum absolute atomic E-state index is 0.156. The van der Waals surface area contributed by atoms with Gasteiger partial charge in [-0.25, -0.2) is 4.39 Å². The molecule has 1 aliphatic rings. The van der Waals surface area contributed by atoms with E-state index >= 15 is 0 Å². The third kappa shape index (κ3) is 5.86. The number of benzene rings is 3. The molecule has 0 radical (unpaired) electrons. The first-order chi connectivity index (χ1) is 17.2. The highest BCUT2D eigenvalue weighted by atomic mass is 79.9. The molecule has 0 saturated carbocycles. The molecule has 1 heterocycles. The Kier molecular flexibility index (Phi) is 7.61. The van der Waals surface area contributed by atoms with Crippen molar-refractivity contribution in [3.8, 4) is 5.75 Å². The van der Waals surface area contributed by atoms with Crippen LogP contribution in [0, 0.1) is 15.9 Å². The van der Waals surface area contributed by atoms with Crippen LogP contribution in [0.1, 0.15) is 21.5 Å². The predicted molar refractivity (Wildman–Crippen MR) is 135 cm³/mol. The molecule has 1 aliphatic heterocycles. The maximum atomic E-state index is 13.0. The lowest BCUT2D eigenvalue weighted by atomic mass is 10.1. The molecule has 3 aromatic rings. The van der Waals surface area contributed by atoms with Crippen LogP contribution in [0.2, 0.25) is 0 Å². The first-order valence-corrected chi connectivity index (χ1v) is 12.0. The monoisotopic (exact) mass is 570 g/mol. The van der Waals surface area contributed by atoms with Gasteiger partial charge in [0.2, 0.25) is 0 Å². The van der Waals surface area contributed by atoms with Gasteiger partial charge in [0.1, 0.15) is 18.2 Å². The lowest BCUT2D eigenvalue weighted by molar-refractivity contribution is -0.384. The second-order valence-corrected chi connectivity index (χ2v) is 9.45. The fourth-order valence-electron chi connectivity index (χ4n) is 3.26. The average Bonchev–Trinajstić information content (AvgIpc) is 3.11. The molecule has 0 aliphatic carbocycles. The number of thioether (sulfide) groups is 1. The number of Topliss-reactive ketones (excluding diaryl/α,β-unsaturated/α-hetero) is 1. The number of nitro groups is 1. The number of ether oxygens (including phenoxy) is 1. The summed E-state index contributed by atoms with van der Waals surface area (Å²) in [6.45, 7) is -0.237. The number of non-ortho nitro benzene ring substituents is 1. The molecule has 0 N–H and O–H groups in total. The average molecular weight is 571 g/mol. The Balaban J connectivity index is 1.42. The van der Waals surface area contributed by atoms with Crippen LogP contribution in [0.15, 0.2) is 76.1 Å². The number of nitro benzene ring substituents is 1. The zero-order chi connectivity index (χ0) is 25.8. The number of carbonyl (C=O) groups is 3. The highest BCUT2D eigenvalue weighted by Crippen LogP contribution is 2.34. The van der Waals surface area contributed by atoms with Crippen LogP contribution < -0.4 is 4.74 Å². The number of carbonyl (C=O) groups excluding carboxylic acids is 3. The Labute approximate surface area is 217 Å². The second-order valence-electron chi connectivity index (χ2n) is 7.60. The zero-order valence-electron chi connectivity index (χ0n) is 18.4. The van der Waals surface area contributed by atoms with Crippen molar-refractivity contribution in [1.29, 1.82) is 0 Å². The molecule has 1 fully saturated rings. The van der Waals surface area contributed by atoms with E-state index in [9.17, 15) is 28.9 Å². The molecule has 36 heavy (non-hydrogen) atoms. The van der Waals surface area contributed by atoms with Gasteiger partial charge in [0.25, 0.3) is 16.8 Å². The summed E-state index contributed by atoms with van der Waals surface area (Å²) in [4.78, 5) is 48.9. The topological polar surface area (TPSA) is 107 Å². The van der Waals surface area contributed by atoms with Crippen molar-refractivity contribution in [2.45, 2.75) is 6.61 Å². The van der Waals surface area contributed by atoms with Gasteiger partial charge >= 0.3 is 0 Å². The van der Waals surface area contributed by atoms with Crippen molar-refractivity contribution in [2.24, 2.45) is 0 Å². The smallest absolute Gasteiger partial charge is 0.293 e. The van der Waals surface area contributed by atoms with E-state index in [0.717, 1.165) is 22.2 Å². The van der Waals surface area contributed by atoms with E-state index in [4.69, 9.17) is 4.74 Å². The molecular weight excluding hydrogens is 555 g/mol. The van der Waals surface area contributed by atoms with Gasteiger partial charge in [-0.15, -0.1) is 0 Å². The summed E-state index contributed by atoms with van der Waals surface area (Å²) in [5.74, 6) is -0.908. The molecular formula is C25H16BrFN2O6S. The molecule has 4 rings (SSSR count). The summed E-state index contributed by atoms with van der Waals surface area (Å²) in [6, 6.07) is 16.0. The summed E-state index contributed by atoms with van der Waals surface area (Å²) in [7, 11) is 0. The Morgan fingerprint density at radius 2 is 1.78 bits per heavy atom. The standard InChI is InChI=1S/C25H16BrFN2O6S/c26-20-11-16(3-10-22(20)35-14-15-1-6-18(27)7-2-15)12-23-24(31)28(25(32)36-23)13-21(30)17-4-8-19(9-5-17)29(33)34/h1-12H,13-14H2/b23-12-. The zero-order valence-corrected chi connectivity index (χ0v) is 20.8. The molecule has 0 spiro atoms. The number of imide groups is 1. The molecule has 8 nitrogen and oxygen atoms in total.